The van der Waals surface area contributed by atoms with Gasteiger partial charge in [0, 0.05) is 36.2 Å². The molecule has 0 bridgehead atoms. The first kappa shape index (κ1) is 30.1. The zero-order valence-corrected chi connectivity index (χ0v) is 25.5. The van der Waals surface area contributed by atoms with Gasteiger partial charge in [0.15, 0.2) is 6.10 Å². The molecular weight excluding hydrogens is 530 g/mol. The van der Waals surface area contributed by atoms with Crippen molar-refractivity contribution in [3.63, 3.8) is 0 Å². The van der Waals surface area contributed by atoms with Crippen molar-refractivity contribution in [2.75, 3.05) is 19.7 Å². The van der Waals surface area contributed by atoms with Gasteiger partial charge in [-0.15, -0.1) is 0 Å². The quantitative estimate of drug-likeness (QED) is 0.274. The first-order chi connectivity index (χ1) is 20.2. The number of aryl methyl sites for hydroxylation is 1. The van der Waals surface area contributed by atoms with E-state index in [4.69, 9.17) is 14.2 Å². The van der Waals surface area contributed by atoms with Crippen molar-refractivity contribution in [1.29, 1.82) is 0 Å². The highest BCUT2D eigenvalue weighted by Crippen LogP contribution is 2.32. The highest BCUT2D eigenvalue weighted by Gasteiger charge is 2.42. The molecule has 0 spiro atoms. The molecule has 2 fully saturated rings. The lowest BCUT2D eigenvalue weighted by Crippen LogP contribution is -2.57. The highest BCUT2D eigenvalue weighted by molar-refractivity contribution is 5.86. The molecule has 1 aliphatic heterocycles. The summed E-state index contributed by atoms with van der Waals surface area (Å²) in [5.74, 6) is -0.0794. The third kappa shape index (κ3) is 7.72. The van der Waals surface area contributed by atoms with Crippen LogP contribution in [0.4, 0.5) is 4.79 Å². The Hall–Kier alpha value is -3.36. The topological polar surface area (TPSA) is 73.2 Å². The number of hydrogen-bond acceptors (Lipinski definition) is 5. The Balaban J connectivity index is 1.33. The monoisotopic (exact) mass is 575 g/mol. The highest BCUT2D eigenvalue weighted by atomic mass is 16.6. The molecule has 5 rings (SSSR count). The number of para-hydroxylation sites is 1. The summed E-state index contributed by atoms with van der Waals surface area (Å²) in [6, 6.07) is 18.5. The minimum absolute atomic E-state index is 0.0794. The number of rotatable bonds is 11. The van der Waals surface area contributed by atoms with Gasteiger partial charge in [-0.25, -0.2) is 4.79 Å². The Morgan fingerprint density at radius 1 is 1.02 bits per heavy atom. The molecule has 1 saturated carbocycles. The van der Waals surface area contributed by atoms with Crippen molar-refractivity contribution >= 4 is 22.9 Å². The van der Waals surface area contributed by atoms with Crippen molar-refractivity contribution < 1.29 is 23.8 Å². The second-order valence-corrected chi connectivity index (χ2v) is 12.5. The normalized spacial score (nSPS) is 19.2. The second-order valence-electron chi connectivity index (χ2n) is 12.5. The van der Waals surface area contributed by atoms with Crippen LogP contribution >= 0.6 is 0 Å². The summed E-state index contributed by atoms with van der Waals surface area (Å²) in [6.07, 6.45) is 4.72. The summed E-state index contributed by atoms with van der Waals surface area (Å²) in [4.78, 5) is 30.9. The third-order valence-electron chi connectivity index (χ3n) is 7.74. The van der Waals surface area contributed by atoms with E-state index in [0.29, 0.717) is 19.7 Å². The molecule has 2 heterocycles. The summed E-state index contributed by atoms with van der Waals surface area (Å²) >= 11 is 0. The molecule has 226 valence electrons. The molecule has 0 radical (unpaired) electrons. The number of fused-ring (bicyclic) bond motifs is 1. The first-order valence-corrected chi connectivity index (χ1v) is 15.3. The summed E-state index contributed by atoms with van der Waals surface area (Å²) in [5, 5.41) is 1.18. The Morgan fingerprint density at radius 2 is 1.76 bits per heavy atom. The van der Waals surface area contributed by atoms with E-state index in [0.717, 1.165) is 43.4 Å². The van der Waals surface area contributed by atoms with Gasteiger partial charge in [-0.2, -0.15) is 0 Å². The van der Waals surface area contributed by atoms with E-state index in [1.807, 2.05) is 56.0 Å². The molecule has 2 amide bonds. The van der Waals surface area contributed by atoms with Gasteiger partial charge in [-0.05, 0) is 57.2 Å². The fraction of sp³-hybridized carbons (Fsp3) is 0.529. The zero-order valence-electron chi connectivity index (χ0n) is 25.5. The molecule has 8 nitrogen and oxygen atoms in total. The number of morpholine rings is 1. The summed E-state index contributed by atoms with van der Waals surface area (Å²) in [6.45, 7) is 10.4. The lowest BCUT2D eigenvalue weighted by atomic mass is 10.1. The van der Waals surface area contributed by atoms with E-state index in [9.17, 15) is 9.59 Å². The SMILES string of the molecule is CCCCn1cc(CN(C(=O)[C@H]2CN(C(=O)OC(C)(C)C)C[C@@H](COCc3ccccc3)O2)C2CC2)c2ccccc21. The van der Waals surface area contributed by atoms with Crippen LogP contribution in [0, 0.1) is 0 Å². The predicted octanol–water partition coefficient (Wildman–Crippen LogP) is 6.15. The standard InChI is InChI=1S/C34H45N3O5/c1-5-6-18-35-19-26(29-14-10-11-15-30(29)35)20-37(27-16-17-27)32(38)31-22-36(33(39)42-34(2,3)4)21-28(41-31)24-40-23-25-12-8-7-9-13-25/h7-15,19,27-28,31H,5-6,16-18,20-24H2,1-4H3/t28-,31+/m0/s1. The average molecular weight is 576 g/mol. The van der Waals surface area contributed by atoms with Gasteiger partial charge in [-0.3, -0.25) is 4.79 Å². The van der Waals surface area contributed by atoms with Gasteiger partial charge in [-0.1, -0.05) is 61.9 Å². The van der Waals surface area contributed by atoms with Crippen LogP contribution in [0.3, 0.4) is 0 Å². The minimum Gasteiger partial charge on any atom is -0.444 e. The maximum absolute atomic E-state index is 14.2. The smallest absolute Gasteiger partial charge is 0.410 e. The van der Waals surface area contributed by atoms with Crippen LogP contribution in [-0.2, 0) is 38.7 Å². The fourth-order valence-electron chi connectivity index (χ4n) is 5.53. The lowest BCUT2D eigenvalue weighted by Gasteiger charge is -2.39. The number of carbonyl (C=O) groups is 2. The third-order valence-corrected chi connectivity index (χ3v) is 7.74. The molecule has 3 aromatic rings. The van der Waals surface area contributed by atoms with Gasteiger partial charge in [0.2, 0.25) is 0 Å². The van der Waals surface area contributed by atoms with Gasteiger partial charge in [0.1, 0.15) is 5.60 Å². The average Bonchev–Trinajstić information content (AvgIpc) is 3.76. The number of nitrogens with zero attached hydrogens (tertiary/aromatic N) is 3. The van der Waals surface area contributed by atoms with Crippen LogP contribution in [0.2, 0.25) is 0 Å². The van der Waals surface area contributed by atoms with Gasteiger partial charge in [0.25, 0.3) is 5.91 Å². The number of unbranched alkanes of at least 4 members (excludes halogenated alkanes) is 1. The van der Waals surface area contributed by atoms with Crippen molar-refractivity contribution in [2.45, 2.75) is 96.9 Å². The summed E-state index contributed by atoms with van der Waals surface area (Å²) in [7, 11) is 0. The van der Waals surface area contributed by atoms with Crippen LogP contribution in [0.25, 0.3) is 10.9 Å². The molecule has 2 aromatic carbocycles. The van der Waals surface area contributed by atoms with E-state index in [-0.39, 0.29) is 25.1 Å². The van der Waals surface area contributed by atoms with Crippen molar-refractivity contribution in [2.24, 2.45) is 0 Å². The summed E-state index contributed by atoms with van der Waals surface area (Å²) in [5.41, 5.74) is 2.76. The van der Waals surface area contributed by atoms with E-state index in [2.05, 4.69) is 42.0 Å². The van der Waals surface area contributed by atoms with E-state index >= 15 is 0 Å². The summed E-state index contributed by atoms with van der Waals surface area (Å²) < 4.78 is 20.4. The Bertz CT molecular complexity index is 1340. The van der Waals surface area contributed by atoms with E-state index in [1.54, 1.807) is 4.90 Å². The van der Waals surface area contributed by atoms with Crippen LogP contribution in [0.15, 0.2) is 60.8 Å². The molecule has 42 heavy (non-hydrogen) atoms. The molecule has 2 atom stereocenters. The van der Waals surface area contributed by atoms with Gasteiger partial charge < -0.3 is 28.6 Å². The van der Waals surface area contributed by atoms with Crippen molar-refractivity contribution in [3.8, 4) is 0 Å². The first-order valence-electron chi connectivity index (χ1n) is 15.3. The van der Waals surface area contributed by atoms with Crippen molar-refractivity contribution in [1.82, 2.24) is 14.4 Å². The number of ether oxygens (including phenoxy) is 3. The molecule has 1 aromatic heterocycles. The molecule has 2 aliphatic rings. The van der Waals surface area contributed by atoms with Crippen LogP contribution in [0.1, 0.15) is 64.5 Å². The fourth-order valence-corrected chi connectivity index (χ4v) is 5.53. The number of amides is 2. The molecule has 1 aliphatic carbocycles. The largest absolute Gasteiger partial charge is 0.444 e. The van der Waals surface area contributed by atoms with E-state index in [1.165, 1.54) is 10.9 Å². The molecule has 0 N–H and O–H groups in total. The Kier molecular flexibility index (Phi) is 9.53. The maximum Gasteiger partial charge on any atom is 0.410 e. The number of aromatic nitrogens is 1. The van der Waals surface area contributed by atoms with E-state index < -0.39 is 23.9 Å². The predicted molar refractivity (Wildman–Crippen MR) is 163 cm³/mol. The molecule has 1 saturated heterocycles. The molecule has 0 unspecified atom stereocenters. The van der Waals surface area contributed by atoms with Crippen LogP contribution < -0.4 is 0 Å². The second kappa shape index (κ2) is 13.3. The minimum atomic E-state index is -0.786. The zero-order chi connectivity index (χ0) is 29.7. The number of benzene rings is 2. The molecular formula is C34H45N3O5. The van der Waals surface area contributed by atoms with Gasteiger partial charge in [0.05, 0.1) is 32.4 Å². The Labute approximate surface area is 249 Å². The van der Waals surface area contributed by atoms with Crippen LogP contribution in [0.5, 0.6) is 0 Å². The maximum atomic E-state index is 14.2. The number of hydrogen-bond donors (Lipinski definition) is 0. The van der Waals surface area contributed by atoms with Crippen LogP contribution in [-0.4, -0.2) is 69.9 Å². The Morgan fingerprint density at radius 3 is 2.48 bits per heavy atom. The lowest BCUT2D eigenvalue weighted by molar-refractivity contribution is -0.163. The molecule has 8 heteroatoms. The number of carbonyl (C=O) groups excluding carboxylic acids is 2. The van der Waals surface area contributed by atoms with Gasteiger partial charge >= 0.3 is 6.09 Å². The van der Waals surface area contributed by atoms with Crippen molar-refractivity contribution in [3.05, 3.63) is 71.9 Å².